The zero-order chi connectivity index (χ0) is 9.14. The van der Waals surface area contributed by atoms with Crippen molar-refractivity contribution in [1.82, 2.24) is 10.2 Å². The summed E-state index contributed by atoms with van der Waals surface area (Å²) >= 11 is 5.38. The van der Waals surface area contributed by atoms with Crippen LogP contribution in [0.15, 0.2) is 6.07 Å². The summed E-state index contributed by atoms with van der Waals surface area (Å²) in [4.78, 5) is 10.8. The van der Waals surface area contributed by atoms with Crippen molar-refractivity contribution < 1.29 is 14.6 Å². The van der Waals surface area contributed by atoms with Crippen molar-refractivity contribution in [3.05, 3.63) is 16.9 Å². The number of halogens is 1. The summed E-state index contributed by atoms with van der Waals surface area (Å²) in [5, 5.41) is 15.8. The lowest BCUT2D eigenvalue weighted by Crippen LogP contribution is -2.05. The summed E-state index contributed by atoms with van der Waals surface area (Å²) < 4.78 is 4.31. The van der Waals surface area contributed by atoms with Gasteiger partial charge >= 0.3 is 5.97 Å². The van der Waals surface area contributed by atoms with Crippen molar-refractivity contribution in [1.29, 1.82) is 0 Å². The molecule has 64 valence electrons. The molecule has 0 aromatic carbocycles. The third kappa shape index (κ3) is 1.62. The number of hydrogen-bond donors (Lipinski definition) is 1. The van der Waals surface area contributed by atoms with Crippen LogP contribution in [0.2, 0.25) is 5.15 Å². The molecule has 1 aromatic heterocycles. The van der Waals surface area contributed by atoms with Crippen LogP contribution in [0, 0.1) is 0 Å². The molecule has 12 heavy (non-hydrogen) atoms. The molecule has 0 unspecified atom stereocenters. The lowest BCUT2D eigenvalue weighted by Gasteiger charge is -1.99. The van der Waals surface area contributed by atoms with Gasteiger partial charge in [0, 0.05) is 6.07 Å². The van der Waals surface area contributed by atoms with Gasteiger partial charge in [-0.05, 0) is 0 Å². The molecule has 5 nitrogen and oxygen atoms in total. The molecular formula is C6H5ClN2O3. The molecule has 0 fully saturated rings. The molecule has 0 amide bonds. The van der Waals surface area contributed by atoms with E-state index < -0.39 is 5.97 Å². The van der Waals surface area contributed by atoms with Gasteiger partial charge in [-0.1, -0.05) is 11.6 Å². The number of aromatic nitrogens is 2. The molecule has 0 aliphatic carbocycles. The average molecular weight is 189 g/mol. The molecule has 1 heterocycles. The SMILES string of the molecule is COC(=O)c1nnc(Cl)cc1O. The maximum Gasteiger partial charge on any atom is 0.362 e. The smallest absolute Gasteiger partial charge is 0.362 e. The number of ether oxygens (including phenoxy) is 1. The molecule has 6 heteroatoms. The Morgan fingerprint density at radius 2 is 2.33 bits per heavy atom. The van der Waals surface area contributed by atoms with Gasteiger partial charge in [-0.15, -0.1) is 10.2 Å². The fraction of sp³-hybridized carbons (Fsp3) is 0.167. The van der Waals surface area contributed by atoms with Gasteiger partial charge in [-0.3, -0.25) is 0 Å². The molecule has 0 aliphatic rings. The summed E-state index contributed by atoms with van der Waals surface area (Å²) in [5.41, 5.74) is -0.248. The van der Waals surface area contributed by atoms with Crippen molar-refractivity contribution in [3.8, 4) is 5.75 Å². The minimum Gasteiger partial charge on any atom is -0.505 e. The Balaban J connectivity index is 3.09. The van der Waals surface area contributed by atoms with E-state index in [0.717, 1.165) is 6.07 Å². The summed E-state index contributed by atoms with van der Waals surface area (Å²) in [6, 6.07) is 1.11. The first-order valence-corrected chi connectivity index (χ1v) is 3.33. The van der Waals surface area contributed by atoms with Crippen LogP contribution in [-0.2, 0) is 4.74 Å². The van der Waals surface area contributed by atoms with Gasteiger partial charge in [0.15, 0.2) is 10.9 Å². The molecule has 0 saturated carbocycles. The number of carbonyl (C=O) groups excluding carboxylic acids is 1. The molecule has 0 aliphatic heterocycles. The van der Waals surface area contributed by atoms with Gasteiger partial charge in [-0.25, -0.2) is 4.79 Å². The number of nitrogens with zero attached hydrogens (tertiary/aromatic N) is 2. The molecular weight excluding hydrogens is 184 g/mol. The normalized spacial score (nSPS) is 9.50. The molecule has 0 atom stereocenters. The first-order valence-electron chi connectivity index (χ1n) is 2.95. The van der Waals surface area contributed by atoms with Crippen LogP contribution in [-0.4, -0.2) is 28.4 Å². The van der Waals surface area contributed by atoms with Crippen LogP contribution in [0.1, 0.15) is 10.5 Å². The third-order valence-electron chi connectivity index (χ3n) is 1.12. The maximum absolute atomic E-state index is 10.8. The Bertz CT molecular complexity index is 316. The fourth-order valence-corrected chi connectivity index (χ4v) is 0.742. The lowest BCUT2D eigenvalue weighted by atomic mass is 10.3. The number of carbonyl (C=O) groups is 1. The summed E-state index contributed by atoms with van der Waals surface area (Å²) in [6.07, 6.45) is 0. The second-order valence-electron chi connectivity index (χ2n) is 1.89. The van der Waals surface area contributed by atoms with Crippen LogP contribution in [0.25, 0.3) is 0 Å². The highest BCUT2D eigenvalue weighted by atomic mass is 35.5. The van der Waals surface area contributed by atoms with Crippen molar-refractivity contribution in [2.45, 2.75) is 0 Å². The number of methoxy groups -OCH3 is 1. The molecule has 1 aromatic rings. The summed E-state index contributed by atoms with van der Waals surface area (Å²) in [6.45, 7) is 0. The van der Waals surface area contributed by atoms with Gasteiger partial charge in [0.1, 0.15) is 0 Å². The predicted molar refractivity (Wildman–Crippen MR) is 40.0 cm³/mol. The molecule has 1 N–H and O–H groups in total. The highest BCUT2D eigenvalue weighted by molar-refractivity contribution is 6.29. The second-order valence-corrected chi connectivity index (χ2v) is 2.28. The Kier molecular flexibility index (Phi) is 2.44. The molecule has 0 bridgehead atoms. The topological polar surface area (TPSA) is 72.3 Å². The Morgan fingerprint density at radius 3 is 2.83 bits per heavy atom. The minimum absolute atomic E-state index is 0.0140. The maximum atomic E-state index is 10.8. The minimum atomic E-state index is -0.753. The lowest BCUT2D eigenvalue weighted by molar-refractivity contribution is 0.0589. The number of esters is 1. The van der Waals surface area contributed by atoms with E-state index in [1.807, 2.05) is 0 Å². The van der Waals surface area contributed by atoms with E-state index in [-0.39, 0.29) is 16.6 Å². The first-order chi connectivity index (χ1) is 5.65. The highest BCUT2D eigenvalue weighted by Crippen LogP contribution is 2.17. The second kappa shape index (κ2) is 3.36. The van der Waals surface area contributed by atoms with E-state index in [1.54, 1.807) is 0 Å². The Hall–Kier alpha value is -1.36. The van der Waals surface area contributed by atoms with Gasteiger partial charge in [0.05, 0.1) is 7.11 Å². The molecule has 1 rings (SSSR count). The zero-order valence-electron chi connectivity index (χ0n) is 6.11. The van der Waals surface area contributed by atoms with Crippen LogP contribution in [0.4, 0.5) is 0 Å². The Morgan fingerprint density at radius 1 is 1.67 bits per heavy atom. The summed E-state index contributed by atoms with van der Waals surface area (Å²) in [5.74, 6) is -1.10. The Labute approximate surface area is 72.9 Å². The van der Waals surface area contributed by atoms with E-state index >= 15 is 0 Å². The van der Waals surface area contributed by atoms with E-state index in [0.29, 0.717) is 0 Å². The molecule has 0 saturated heterocycles. The van der Waals surface area contributed by atoms with Crippen LogP contribution >= 0.6 is 11.6 Å². The van der Waals surface area contributed by atoms with E-state index in [1.165, 1.54) is 7.11 Å². The molecule has 0 spiro atoms. The third-order valence-corrected chi connectivity index (χ3v) is 1.31. The van der Waals surface area contributed by atoms with Crippen molar-refractivity contribution >= 4 is 17.6 Å². The van der Waals surface area contributed by atoms with E-state index in [4.69, 9.17) is 16.7 Å². The summed E-state index contributed by atoms with van der Waals surface area (Å²) in [7, 11) is 1.18. The molecule has 0 radical (unpaired) electrons. The monoisotopic (exact) mass is 188 g/mol. The first kappa shape index (κ1) is 8.73. The van der Waals surface area contributed by atoms with Gasteiger partial charge < -0.3 is 9.84 Å². The highest BCUT2D eigenvalue weighted by Gasteiger charge is 2.14. The quantitative estimate of drug-likeness (QED) is 0.655. The van der Waals surface area contributed by atoms with Crippen molar-refractivity contribution in [2.75, 3.05) is 7.11 Å². The van der Waals surface area contributed by atoms with Crippen LogP contribution in [0.5, 0.6) is 5.75 Å². The van der Waals surface area contributed by atoms with E-state index in [2.05, 4.69) is 14.9 Å². The standard InChI is InChI=1S/C6H5ClN2O3/c1-12-6(11)5-3(10)2-4(7)8-9-5/h2H,1H3,(H,8,10). The van der Waals surface area contributed by atoms with Gasteiger partial charge in [-0.2, -0.15) is 0 Å². The van der Waals surface area contributed by atoms with Gasteiger partial charge in [0.25, 0.3) is 0 Å². The van der Waals surface area contributed by atoms with E-state index in [9.17, 15) is 4.79 Å². The number of hydrogen-bond acceptors (Lipinski definition) is 5. The van der Waals surface area contributed by atoms with Crippen molar-refractivity contribution in [3.63, 3.8) is 0 Å². The average Bonchev–Trinajstić information content (AvgIpc) is 2.03. The van der Waals surface area contributed by atoms with Crippen LogP contribution < -0.4 is 0 Å². The fourth-order valence-electron chi connectivity index (χ4n) is 0.601. The van der Waals surface area contributed by atoms with Crippen molar-refractivity contribution in [2.24, 2.45) is 0 Å². The largest absolute Gasteiger partial charge is 0.505 e. The number of rotatable bonds is 1. The predicted octanol–water partition coefficient (Wildman–Crippen LogP) is 0.622. The van der Waals surface area contributed by atoms with Gasteiger partial charge in [0.2, 0.25) is 5.69 Å². The number of aromatic hydroxyl groups is 1. The zero-order valence-corrected chi connectivity index (χ0v) is 6.87. The van der Waals surface area contributed by atoms with Crippen LogP contribution in [0.3, 0.4) is 0 Å².